The van der Waals surface area contributed by atoms with Gasteiger partial charge in [0.05, 0.1) is 12.1 Å². The highest BCUT2D eigenvalue weighted by Gasteiger charge is 2.17. The van der Waals surface area contributed by atoms with Crippen LogP contribution in [0.25, 0.3) is 10.2 Å². The third-order valence-electron chi connectivity index (χ3n) is 3.28. The largest absolute Gasteiger partial charge is 0.327 e. The number of aromatic amines is 1. The molecule has 19 heavy (non-hydrogen) atoms. The van der Waals surface area contributed by atoms with E-state index in [4.69, 9.17) is 5.73 Å². The highest BCUT2D eigenvalue weighted by atomic mass is 35.5. The monoisotopic (exact) mass is 300 g/mol. The van der Waals surface area contributed by atoms with Crippen molar-refractivity contribution in [1.82, 2.24) is 14.9 Å². The van der Waals surface area contributed by atoms with Crippen LogP contribution in [0.5, 0.6) is 0 Å². The van der Waals surface area contributed by atoms with Gasteiger partial charge in [0.2, 0.25) is 0 Å². The Labute approximate surface area is 121 Å². The predicted molar refractivity (Wildman–Crippen MR) is 80.0 cm³/mol. The SMILES string of the molecule is Cl.NC1CCCN(Cc2nc3ccsc3c(=O)[nH]2)C1. The molecule has 0 aromatic carbocycles. The molecule has 3 rings (SSSR count). The fraction of sp³-hybridized carbons (Fsp3) is 0.500. The van der Waals surface area contributed by atoms with Gasteiger partial charge in [0.25, 0.3) is 5.56 Å². The normalized spacial score (nSPS) is 20.4. The van der Waals surface area contributed by atoms with Crippen molar-refractivity contribution >= 4 is 34.0 Å². The van der Waals surface area contributed by atoms with Crippen LogP contribution >= 0.6 is 23.7 Å². The smallest absolute Gasteiger partial charge is 0.268 e. The summed E-state index contributed by atoms with van der Waals surface area (Å²) in [7, 11) is 0. The molecule has 2 aromatic heterocycles. The van der Waals surface area contributed by atoms with Gasteiger partial charge in [0, 0.05) is 12.6 Å². The molecule has 5 nitrogen and oxygen atoms in total. The van der Waals surface area contributed by atoms with Gasteiger partial charge < -0.3 is 10.7 Å². The Hall–Kier alpha value is -0.950. The lowest BCUT2D eigenvalue weighted by Gasteiger charge is -2.30. The second-order valence-electron chi connectivity index (χ2n) is 4.79. The standard InChI is InChI=1S/C12H16N4OS.ClH/c13-8-2-1-4-16(6-8)7-10-14-9-3-5-18-11(9)12(17)15-10;/h3,5,8H,1-2,4,6-7,13H2,(H,14,15,17);1H. The molecule has 1 aliphatic heterocycles. The summed E-state index contributed by atoms with van der Waals surface area (Å²) in [6, 6.07) is 2.14. The van der Waals surface area contributed by atoms with Crippen molar-refractivity contribution in [2.75, 3.05) is 13.1 Å². The molecule has 0 spiro atoms. The van der Waals surface area contributed by atoms with E-state index < -0.39 is 0 Å². The summed E-state index contributed by atoms with van der Waals surface area (Å²) in [5.74, 6) is 0.736. The maximum absolute atomic E-state index is 11.8. The maximum Gasteiger partial charge on any atom is 0.268 e. The number of rotatable bonds is 2. The molecule has 2 aromatic rings. The first kappa shape index (κ1) is 14.5. The van der Waals surface area contributed by atoms with Crippen LogP contribution in [-0.2, 0) is 6.54 Å². The molecule has 3 N–H and O–H groups in total. The van der Waals surface area contributed by atoms with E-state index in [1.54, 1.807) is 0 Å². The number of piperidine rings is 1. The Kier molecular flexibility index (Phi) is 4.57. The molecule has 0 aliphatic carbocycles. The predicted octanol–water partition coefficient (Wildman–Crippen LogP) is 1.33. The second kappa shape index (κ2) is 6.00. The van der Waals surface area contributed by atoms with Crippen molar-refractivity contribution in [3.8, 4) is 0 Å². The van der Waals surface area contributed by atoms with Gasteiger partial charge >= 0.3 is 0 Å². The van der Waals surface area contributed by atoms with E-state index in [-0.39, 0.29) is 24.0 Å². The molecule has 1 unspecified atom stereocenters. The molecule has 1 atom stereocenters. The van der Waals surface area contributed by atoms with Crippen molar-refractivity contribution in [2.45, 2.75) is 25.4 Å². The average molecular weight is 301 g/mol. The van der Waals surface area contributed by atoms with Crippen LogP contribution in [0.4, 0.5) is 0 Å². The zero-order chi connectivity index (χ0) is 12.5. The lowest BCUT2D eigenvalue weighted by molar-refractivity contribution is 0.197. The van der Waals surface area contributed by atoms with Gasteiger partial charge in [0.1, 0.15) is 10.5 Å². The minimum Gasteiger partial charge on any atom is -0.327 e. The third-order valence-corrected chi connectivity index (χ3v) is 4.18. The van der Waals surface area contributed by atoms with E-state index >= 15 is 0 Å². The first-order chi connectivity index (χ1) is 8.72. The first-order valence-corrected chi connectivity index (χ1v) is 7.04. The zero-order valence-corrected chi connectivity index (χ0v) is 12.1. The van der Waals surface area contributed by atoms with E-state index in [2.05, 4.69) is 14.9 Å². The van der Waals surface area contributed by atoms with Crippen LogP contribution in [0.3, 0.4) is 0 Å². The van der Waals surface area contributed by atoms with Crippen molar-refractivity contribution in [3.05, 3.63) is 27.6 Å². The highest BCUT2D eigenvalue weighted by molar-refractivity contribution is 7.17. The zero-order valence-electron chi connectivity index (χ0n) is 10.5. The molecule has 0 radical (unpaired) electrons. The molecule has 7 heteroatoms. The van der Waals surface area contributed by atoms with Gasteiger partial charge in [0.15, 0.2) is 0 Å². The fourth-order valence-corrected chi connectivity index (χ4v) is 3.17. The summed E-state index contributed by atoms with van der Waals surface area (Å²) in [6.45, 7) is 2.58. The Bertz CT molecular complexity index is 611. The summed E-state index contributed by atoms with van der Waals surface area (Å²) >= 11 is 1.43. The molecule has 0 saturated carbocycles. The molecule has 3 heterocycles. The van der Waals surface area contributed by atoms with Crippen LogP contribution < -0.4 is 11.3 Å². The number of hydrogen-bond donors (Lipinski definition) is 2. The van der Waals surface area contributed by atoms with Gasteiger partial charge in [-0.2, -0.15) is 0 Å². The number of halogens is 1. The first-order valence-electron chi connectivity index (χ1n) is 6.17. The molecule has 1 saturated heterocycles. The Balaban J connectivity index is 0.00000133. The number of H-pyrrole nitrogens is 1. The number of nitrogens with two attached hydrogens (primary N) is 1. The molecule has 0 amide bonds. The minimum absolute atomic E-state index is 0. The van der Waals surface area contributed by atoms with E-state index in [1.165, 1.54) is 11.3 Å². The molecule has 0 bridgehead atoms. The van der Waals surface area contributed by atoms with E-state index in [1.807, 2.05) is 11.4 Å². The molecule has 1 aliphatic rings. The lowest BCUT2D eigenvalue weighted by atomic mass is 10.1. The number of fused-ring (bicyclic) bond motifs is 1. The summed E-state index contributed by atoms with van der Waals surface area (Å²) in [4.78, 5) is 21.4. The average Bonchev–Trinajstić information content (AvgIpc) is 2.77. The van der Waals surface area contributed by atoms with Crippen molar-refractivity contribution in [1.29, 1.82) is 0 Å². The molecule has 1 fully saturated rings. The van der Waals surface area contributed by atoms with E-state index in [0.29, 0.717) is 11.2 Å². The topological polar surface area (TPSA) is 75.0 Å². The maximum atomic E-state index is 11.8. The number of likely N-dealkylation sites (tertiary alicyclic amines) is 1. The van der Waals surface area contributed by atoms with E-state index in [0.717, 1.165) is 37.3 Å². The molecular formula is C12H17ClN4OS. The number of nitrogens with one attached hydrogen (secondary N) is 1. The van der Waals surface area contributed by atoms with Crippen LogP contribution in [0, 0.1) is 0 Å². The number of nitrogens with zero attached hydrogens (tertiary/aromatic N) is 2. The molecule has 104 valence electrons. The number of hydrogen-bond acceptors (Lipinski definition) is 5. The third kappa shape index (κ3) is 3.14. The van der Waals surface area contributed by atoms with Gasteiger partial charge in [-0.15, -0.1) is 23.7 Å². The van der Waals surface area contributed by atoms with Gasteiger partial charge in [-0.1, -0.05) is 0 Å². The fourth-order valence-electron chi connectivity index (χ4n) is 2.44. The Morgan fingerprint density at radius 2 is 2.42 bits per heavy atom. The minimum atomic E-state index is -0.0358. The quantitative estimate of drug-likeness (QED) is 0.877. The van der Waals surface area contributed by atoms with Crippen molar-refractivity contribution < 1.29 is 0 Å². The van der Waals surface area contributed by atoms with Gasteiger partial charge in [-0.05, 0) is 30.8 Å². The van der Waals surface area contributed by atoms with Crippen LogP contribution in [0.15, 0.2) is 16.2 Å². The van der Waals surface area contributed by atoms with Crippen LogP contribution in [-0.4, -0.2) is 34.0 Å². The van der Waals surface area contributed by atoms with Crippen molar-refractivity contribution in [3.63, 3.8) is 0 Å². The summed E-state index contributed by atoms with van der Waals surface area (Å²) in [6.07, 6.45) is 2.20. The van der Waals surface area contributed by atoms with E-state index in [9.17, 15) is 4.79 Å². The number of thiophene rings is 1. The van der Waals surface area contributed by atoms with Gasteiger partial charge in [-0.25, -0.2) is 4.98 Å². The second-order valence-corrected chi connectivity index (χ2v) is 5.70. The van der Waals surface area contributed by atoms with Crippen molar-refractivity contribution in [2.24, 2.45) is 5.73 Å². The highest BCUT2D eigenvalue weighted by Crippen LogP contribution is 2.15. The summed E-state index contributed by atoms with van der Waals surface area (Å²) < 4.78 is 0.703. The summed E-state index contributed by atoms with van der Waals surface area (Å²) in [5.41, 5.74) is 6.71. The number of aromatic nitrogens is 2. The van der Waals surface area contributed by atoms with Crippen LogP contribution in [0.2, 0.25) is 0 Å². The van der Waals surface area contributed by atoms with Crippen LogP contribution in [0.1, 0.15) is 18.7 Å². The Morgan fingerprint density at radius 3 is 3.21 bits per heavy atom. The molecular weight excluding hydrogens is 284 g/mol. The van der Waals surface area contributed by atoms with Gasteiger partial charge in [-0.3, -0.25) is 9.69 Å². The lowest BCUT2D eigenvalue weighted by Crippen LogP contribution is -2.42. The summed E-state index contributed by atoms with van der Waals surface area (Å²) in [5, 5.41) is 1.90. The Morgan fingerprint density at radius 1 is 1.58 bits per heavy atom.